The summed E-state index contributed by atoms with van der Waals surface area (Å²) in [5, 5.41) is 2.94. The molecular weight excluding hydrogens is 392 g/mol. The summed E-state index contributed by atoms with van der Waals surface area (Å²) in [4.78, 5) is 27.2. The predicted molar refractivity (Wildman–Crippen MR) is 120 cm³/mol. The lowest BCUT2D eigenvalue weighted by Crippen LogP contribution is -2.40. The van der Waals surface area contributed by atoms with Gasteiger partial charge in [-0.3, -0.25) is 9.59 Å². The summed E-state index contributed by atoms with van der Waals surface area (Å²) >= 11 is 0. The number of benzene rings is 2. The maximum Gasteiger partial charge on any atom is 0.239 e. The van der Waals surface area contributed by atoms with E-state index in [2.05, 4.69) is 5.32 Å². The molecule has 0 bridgehead atoms. The Balaban J connectivity index is 1.82. The van der Waals surface area contributed by atoms with E-state index in [0.717, 1.165) is 30.4 Å². The molecule has 0 spiro atoms. The molecule has 0 unspecified atom stereocenters. The van der Waals surface area contributed by atoms with E-state index in [9.17, 15) is 9.59 Å². The Morgan fingerprint density at radius 3 is 2.71 bits per heavy atom. The molecule has 0 aliphatic carbocycles. The normalized spacial score (nSPS) is 15.4. The molecule has 6 heteroatoms. The van der Waals surface area contributed by atoms with Crippen LogP contribution in [0.1, 0.15) is 43.7 Å². The fraction of sp³-hybridized carbons (Fsp3) is 0.440. The van der Waals surface area contributed by atoms with Gasteiger partial charge in [-0.15, -0.1) is 0 Å². The number of ether oxygens (including phenoxy) is 2. The second-order valence-corrected chi connectivity index (χ2v) is 7.67. The number of nitrogens with zero attached hydrogens (tertiary/aromatic N) is 1. The van der Waals surface area contributed by atoms with Crippen LogP contribution in [0.3, 0.4) is 0 Å². The van der Waals surface area contributed by atoms with Crippen molar-refractivity contribution < 1.29 is 19.1 Å². The van der Waals surface area contributed by atoms with E-state index in [4.69, 9.17) is 9.47 Å². The van der Waals surface area contributed by atoms with E-state index in [1.807, 2.05) is 55.5 Å². The molecule has 2 amide bonds. The van der Waals surface area contributed by atoms with Crippen molar-refractivity contribution in [1.29, 1.82) is 0 Å². The van der Waals surface area contributed by atoms with Crippen LogP contribution in [0.15, 0.2) is 48.5 Å². The second-order valence-electron chi connectivity index (χ2n) is 7.67. The lowest BCUT2D eigenvalue weighted by atomic mass is 10.1. The summed E-state index contributed by atoms with van der Waals surface area (Å²) in [5.74, 6) is 1.17. The molecule has 6 nitrogen and oxygen atoms in total. The molecule has 0 aromatic heterocycles. The Morgan fingerprint density at radius 1 is 1.06 bits per heavy atom. The molecule has 1 N–H and O–H groups in total. The van der Waals surface area contributed by atoms with Crippen LogP contribution < -0.4 is 14.8 Å². The number of carbonyl (C=O) groups is 2. The first-order valence-corrected chi connectivity index (χ1v) is 11.1. The van der Waals surface area contributed by atoms with Gasteiger partial charge in [0.15, 0.2) is 11.5 Å². The molecular formula is C25H32N2O4. The van der Waals surface area contributed by atoms with Crippen LogP contribution in [0.5, 0.6) is 11.5 Å². The molecule has 0 atom stereocenters. The summed E-state index contributed by atoms with van der Waals surface area (Å²) in [6, 6.07) is 15.6. The van der Waals surface area contributed by atoms with Crippen molar-refractivity contribution in [3.05, 3.63) is 59.7 Å². The highest BCUT2D eigenvalue weighted by molar-refractivity contribution is 5.85. The molecule has 166 valence electrons. The van der Waals surface area contributed by atoms with Gasteiger partial charge in [0.25, 0.3) is 0 Å². The van der Waals surface area contributed by atoms with Crippen molar-refractivity contribution in [2.75, 3.05) is 26.3 Å². The molecule has 1 aliphatic heterocycles. The Hall–Kier alpha value is -3.02. The first-order valence-electron chi connectivity index (χ1n) is 11.1. The average Bonchev–Trinajstić information content (AvgIpc) is 2.79. The average molecular weight is 425 g/mol. The number of carbonyl (C=O) groups excluding carboxylic acids is 2. The standard InChI is InChI=1S/C25H32N2O4/c1-2-30-22-13-9-12-21-18-27(24(29)15-14-20-10-5-3-6-11-20)19-23(28)26-16-7-4-8-17-31-25(21)22/h3,5-6,9-13H,2,4,7-8,14-19H2,1H3,(H,26,28). The first kappa shape index (κ1) is 22.7. The van der Waals surface area contributed by atoms with Gasteiger partial charge in [-0.25, -0.2) is 0 Å². The summed E-state index contributed by atoms with van der Waals surface area (Å²) in [6.45, 7) is 3.99. The van der Waals surface area contributed by atoms with Crippen molar-refractivity contribution in [2.45, 2.75) is 45.6 Å². The van der Waals surface area contributed by atoms with Gasteiger partial charge in [0.05, 0.1) is 19.8 Å². The number of nitrogens with one attached hydrogen (secondary N) is 1. The van der Waals surface area contributed by atoms with Gasteiger partial charge in [-0.2, -0.15) is 0 Å². The fourth-order valence-electron chi connectivity index (χ4n) is 3.65. The molecule has 0 fully saturated rings. The van der Waals surface area contributed by atoms with Crippen LogP contribution in [0.2, 0.25) is 0 Å². The molecule has 2 aromatic rings. The maximum absolute atomic E-state index is 13.1. The summed E-state index contributed by atoms with van der Waals surface area (Å²) in [6.07, 6.45) is 3.73. The van der Waals surface area contributed by atoms with Crippen LogP contribution in [0.25, 0.3) is 0 Å². The van der Waals surface area contributed by atoms with Gasteiger partial charge in [-0.1, -0.05) is 42.5 Å². The van der Waals surface area contributed by atoms with E-state index >= 15 is 0 Å². The molecule has 31 heavy (non-hydrogen) atoms. The van der Waals surface area contributed by atoms with Crippen molar-refractivity contribution in [2.24, 2.45) is 0 Å². The molecule has 0 saturated heterocycles. The lowest BCUT2D eigenvalue weighted by molar-refractivity contribution is -0.136. The van der Waals surface area contributed by atoms with Gasteiger partial charge in [-0.05, 0) is 44.2 Å². The Bertz CT molecular complexity index is 854. The number of hydrogen-bond acceptors (Lipinski definition) is 4. The van der Waals surface area contributed by atoms with Crippen molar-refractivity contribution in [3.63, 3.8) is 0 Å². The maximum atomic E-state index is 13.1. The van der Waals surface area contributed by atoms with Gasteiger partial charge in [0.1, 0.15) is 0 Å². The zero-order valence-corrected chi connectivity index (χ0v) is 18.3. The highest BCUT2D eigenvalue weighted by Gasteiger charge is 2.21. The summed E-state index contributed by atoms with van der Waals surface area (Å²) in [5.41, 5.74) is 1.96. The third-order valence-electron chi connectivity index (χ3n) is 5.27. The Labute approximate surface area is 184 Å². The number of fused-ring (bicyclic) bond motifs is 1. The van der Waals surface area contributed by atoms with Crippen molar-refractivity contribution >= 4 is 11.8 Å². The topological polar surface area (TPSA) is 67.9 Å². The van der Waals surface area contributed by atoms with E-state index in [-0.39, 0.29) is 18.4 Å². The summed E-state index contributed by atoms with van der Waals surface area (Å²) < 4.78 is 11.9. The minimum Gasteiger partial charge on any atom is -0.490 e. The van der Waals surface area contributed by atoms with Crippen LogP contribution in [0.4, 0.5) is 0 Å². The molecule has 1 aliphatic rings. The number of amides is 2. The first-order chi connectivity index (χ1) is 15.2. The van der Waals surface area contributed by atoms with Crippen LogP contribution in [-0.4, -0.2) is 43.0 Å². The smallest absolute Gasteiger partial charge is 0.239 e. The lowest BCUT2D eigenvalue weighted by Gasteiger charge is -2.24. The van der Waals surface area contributed by atoms with Crippen molar-refractivity contribution in [3.8, 4) is 11.5 Å². The third-order valence-corrected chi connectivity index (χ3v) is 5.27. The molecule has 0 radical (unpaired) electrons. The number of para-hydroxylation sites is 1. The minimum atomic E-state index is -0.129. The SMILES string of the molecule is CCOc1cccc2c1OCCCCCNC(=O)CN(C(=O)CCc1ccccc1)C2. The third kappa shape index (κ3) is 7.02. The van der Waals surface area contributed by atoms with Crippen LogP contribution in [0, 0.1) is 0 Å². The molecule has 0 saturated carbocycles. The van der Waals surface area contributed by atoms with Gasteiger partial charge < -0.3 is 19.7 Å². The van der Waals surface area contributed by atoms with E-state index in [0.29, 0.717) is 50.6 Å². The zero-order valence-electron chi connectivity index (χ0n) is 18.3. The largest absolute Gasteiger partial charge is 0.490 e. The number of aryl methyl sites for hydroxylation is 1. The highest BCUT2D eigenvalue weighted by atomic mass is 16.5. The predicted octanol–water partition coefficient (Wildman–Crippen LogP) is 3.73. The Morgan fingerprint density at radius 2 is 1.90 bits per heavy atom. The van der Waals surface area contributed by atoms with E-state index in [1.165, 1.54) is 0 Å². The van der Waals surface area contributed by atoms with Gasteiger partial charge in [0.2, 0.25) is 11.8 Å². The minimum absolute atomic E-state index is 0.0337. The number of hydrogen-bond donors (Lipinski definition) is 1. The van der Waals surface area contributed by atoms with Crippen LogP contribution in [-0.2, 0) is 22.6 Å². The van der Waals surface area contributed by atoms with Crippen molar-refractivity contribution in [1.82, 2.24) is 10.2 Å². The quantitative estimate of drug-likeness (QED) is 0.794. The second kappa shape index (κ2) is 12.0. The van der Waals surface area contributed by atoms with E-state index in [1.54, 1.807) is 4.90 Å². The zero-order chi connectivity index (χ0) is 21.9. The molecule has 2 aromatic carbocycles. The van der Waals surface area contributed by atoms with Crippen LogP contribution >= 0.6 is 0 Å². The van der Waals surface area contributed by atoms with Gasteiger partial charge in [0, 0.05) is 25.1 Å². The monoisotopic (exact) mass is 424 g/mol. The Kier molecular flexibility index (Phi) is 8.76. The molecule has 3 rings (SSSR count). The molecule has 1 heterocycles. The number of rotatable bonds is 5. The fourth-order valence-corrected chi connectivity index (χ4v) is 3.65. The highest BCUT2D eigenvalue weighted by Crippen LogP contribution is 2.33. The van der Waals surface area contributed by atoms with E-state index < -0.39 is 0 Å². The van der Waals surface area contributed by atoms with Gasteiger partial charge >= 0.3 is 0 Å². The summed E-state index contributed by atoms with van der Waals surface area (Å²) in [7, 11) is 0.